The van der Waals surface area contributed by atoms with Crippen molar-refractivity contribution in [3.8, 4) is 0 Å². The summed E-state index contributed by atoms with van der Waals surface area (Å²) >= 11 is 0. The van der Waals surface area contributed by atoms with Gasteiger partial charge in [-0.05, 0) is 31.0 Å². The van der Waals surface area contributed by atoms with Crippen LogP contribution in [0.3, 0.4) is 0 Å². The van der Waals surface area contributed by atoms with Crippen LogP contribution < -0.4 is 16.0 Å². The average molecular weight is 277 g/mol. The highest BCUT2D eigenvalue weighted by molar-refractivity contribution is 6.00. The van der Waals surface area contributed by atoms with Crippen LogP contribution in [-0.4, -0.2) is 37.8 Å². The number of hydrogen-bond acceptors (Lipinski definition) is 4. The number of nitrogen functional groups attached to an aromatic ring is 1. The number of nitrogens with zero attached hydrogens (tertiary/aromatic N) is 1. The van der Waals surface area contributed by atoms with Crippen molar-refractivity contribution in [3.63, 3.8) is 0 Å². The number of hydrogen-bond donors (Lipinski definition) is 3. The molecule has 0 aromatic heterocycles. The lowest BCUT2D eigenvalue weighted by atomic mass is 10.0. The molecule has 1 aromatic rings. The van der Waals surface area contributed by atoms with Crippen LogP contribution in [0.4, 0.5) is 11.4 Å². The molecule has 0 bridgehead atoms. The van der Waals surface area contributed by atoms with Gasteiger partial charge in [0.1, 0.15) is 0 Å². The molecule has 2 rings (SSSR count). The van der Waals surface area contributed by atoms with E-state index in [1.165, 1.54) is 0 Å². The fraction of sp³-hybridized carbons (Fsp3) is 0.533. The number of nitrogens with one attached hydrogen (secondary N) is 1. The van der Waals surface area contributed by atoms with E-state index in [0.717, 1.165) is 24.9 Å². The van der Waals surface area contributed by atoms with Gasteiger partial charge in [-0.2, -0.15) is 0 Å². The fourth-order valence-corrected chi connectivity index (χ4v) is 2.82. The van der Waals surface area contributed by atoms with E-state index >= 15 is 0 Å². The zero-order valence-electron chi connectivity index (χ0n) is 12.1. The summed E-state index contributed by atoms with van der Waals surface area (Å²) in [6.07, 6.45) is 2.95. The molecule has 110 valence electrons. The molecule has 20 heavy (non-hydrogen) atoms. The van der Waals surface area contributed by atoms with Gasteiger partial charge in [0.2, 0.25) is 0 Å². The second-order valence-corrected chi connectivity index (χ2v) is 5.62. The molecule has 2 unspecified atom stereocenters. The summed E-state index contributed by atoms with van der Waals surface area (Å²) in [6.45, 7) is 0.127. The summed E-state index contributed by atoms with van der Waals surface area (Å²) in [5.74, 6) is 0.0502. The van der Waals surface area contributed by atoms with Crippen LogP contribution in [0.2, 0.25) is 0 Å². The van der Waals surface area contributed by atoms with Crippen LogP contribution in [0.1, 0.15) is 29.6 Å². The first kappa shape index (κ1) is 14.7. The molecule has 0 heterocycles. The van der Waals surface area contributed by atoms with Gasteiger partial charge in [-0.15, -0.1) is 0 Å². The second-order valence-electron chi connectivity index (χ2n) is 5.62. The Balaban J connectivity index is 2.18. The van der Waals surface area contributed by atoms with Gasteiger partial charge in [0.05, 0.1) is 5.56 Å². The molecule has 0 aliphatic heterocycles. The Morgan fingerprint density at radius 1 is 1.45 bits per heavy atom. The third-order valence-electron chi connectivity index (χ3n) is 3.96. The zero-order valence-corrected chi connectivity index (χ0v) is 12.1. The number of anilines is 2. The van der Waals surface area contributed by atoms with Gasteiger partial charge in [0.25, 0.3) is 5.91 Å². The number of nitrogens with two attached hydrogens (primary N) is 1. The standard InChI is InChI=1S/C15H23N3O2/c1-18(2)14-7-6-11(16)8-12(14)15(20)17-13-5-3-4-10(13)9-19/h6-8,10,13,19H,3-5,9,16H2,1-2H3,(H,17,20). The second kappa shape index (κ2) is 6.13. The topological polar surface area (TPSA) is 78.6 Å². The van der Waals surface area contributed by atoms with Crippen LogP contribution in [0, 0.1) is 5.92 Å². The third kappa shape index (κ3) is 3.04. The van der Waals surface area contributed by atoms with E-state index in [0.29, 0.717) is 11.3 Å². The van der Waals surface area contributed by atoms with E-state index in [1.54, 1.807) is 12.1 Å². The molecule has 5 nitrogen and oxygen atoms in total. The Morgan fingerprint density at radius 3 is 2.85 bits per heavy atom. The lowest BCUT2D eigenvalue weighted by molar-refractivity contribution is 0.0916. The zero-order chi connectivity index (χ0) is 14.7. The Hall–Kier alpha value is -1.75. The van der Waals surface area contributed by atoms with Crippen molar-refractivity contribution in [3.05, 3.63) is 23.8 Å². The Labute approximate surface area is 119 Å². The van der Waals surface area contributed by atoms with Crippen molar-refractivity contribution in [2.45, 2.75) is 25.3 Å². The molecule has 1 aliphatic rings. The first-order valence-corrected chi connectivity index (χ1v) is 7.01. The highest BCUT2D eigenvalue weighted by atomic mass is 16.3. The lowest BCUT2D eigenvalue weighted by Gasteiger charge is -2.22. The highest BCUT2D eigenvalue weighted by Gasteiger charge is 2.28. The van der Waals surface area contributed by atoms with Gasteiger partial charge < -0.3 is 21.1 Å². The summed E-state index contributed by atoms with van der Waals surface area (Å²) < 4.78 is 0. The first-order chi connectivity index (χ1) is 9.52. The maximum absolute atomic E-state index is 12.5. The van der Waals surface area contributed by atoms with E-state index in [4.69, 9.17) is 5.73 Å². The smallest absolute Gasteiger partial charge is 0.253 e. The van der Waals surface area contributed by atoms with E-state index in [9.17, 15) is 9.90 Å². The number of benzene rings is 1. The van der Waals surface area contributed by atoms with Crippen LogP contribution >= 0.6 is 0 Å². The van der Waals surface area contributed by atoms with Gasteiger partial charge >= 0.3 is 0 Å². The van der Waals surface area contributed by atoms with Gasteiger partial charge in [-0.25, -0.2) is 0 Å². The molecule has 1 saturated carbocycles. The number of carbonyl (C=O) groups excluding carboxylic acids is 1. The van der Waals surface area contributed by atoms with E-state index in [1.807, 2.05) is 25.1 Å². The average Bonchev–Trinajstić information content (AvgIpc) is 2.85. The number of aliphatic hydroxyl groups excluding tert-OH is 1. The van der Waals surface area contributed by atoms with Crippen LogP contribution in [0.25, 0.3) is 0 Å². The predicted molar refractivity (Wildman–Crippen MR) is 80.9 cm³/mol. The predicted octanol–water partition coefficient (Wildman–Crippen LogP) is 1.23. The van der Waals surface area contributed by atoms with Crippen LogP contribution in [0.15, 0.2) is 18.2 Å². The van der Waals surface area contributed by atoms with Gasteiger partial charge in [-0.3, -0.25) is 4.79 Å². The molecule has 1 aromatic carbocycles. The molecule has 4 N–H and O–H groups in total. The number of amides is 1. The largest absolute Gasteiger partial charge is 0.399 e. The van der Waals surface area contributed by atoms with Crippen molar-refractivity contribution >= 4 is 17.3 Å². The lowest BCUT2D eigenvalue weighted by Crippen LogP contribution is -2.39. The Morgan fingerprint density at radius 2 is 2.20 bits per heavy atom. The SMILES string of the molecule is CN(C)c1ccc(N)cc1C(=O)NC1CCCC1CO. The molecular weight excluding hydrogens is 254 g/mol. The summed E-state index contributed by atoms with van der Waals surface area (Å²) in [7, 11) is 3.79. The molecule has 0 saturated heterocycles. The first-order valence-electron chi connectivity index (χ1n) is 7.01. The fourth-order valence-electron chi connectivity index (χ4n) is 2.82. The monoisotopic (exact) mass is 277 g/mol. The van der Waals surface area contributed by atoms with Crippen molar-refractivity contribution in [1.29, 1.82) is 0 Å². The minimum Gasteiger partial charge on any atom is -0.399 e. The molecule has 0 radical (unpaired) electrons. The van der Waals surface area contributed by atoms with E-state index < -0.39 is 0 Å². The summed E-state index contributed by atoms with van der Waals surface area (Å²) in [5, 5.41) is 12.4. The van der Waals surface area contributed by atoms with Crippen molar-refractivity contribution in [2.24, 2.45) is 5.92 Å². The third-order valence-corrected chi connectivity index (χ3v) is 3.96. The summed E-state index contributed by atoms with van der Waals surface area (Å²) in [6, 6.07) is 5.40. The van der Waals surface area contributed by atoms with Crippen LogP contribution in [-0.2, 0) is 0 Å². The molecular formula is C15H23N3O2. The maximum Gasteiger partial charge on any atom is 0.253 e. The van der Waals surface area contributed by atoms with E-state index in [-0.39, 0.29) is 24.5 Å². The van der Waals surface area contributed by atoms with Crippen molar-refractivity contribution in [1.82, 2.24) is 5.32 Å². The quantitative estimate of drug-likeness (QED) is 0.723. The molecule has 5 heteroatoms. The molecule has 0 spiro atoms. The molecule has 1 fully saturated rings. The molecule has 2 atom stereocenters. The van der Waals surface area contributed by atoms with Gasteiger partial charge in [0, 0.05) is 44.0 Å². The summed E-state index contributed by atoms with van der Waals surface area (Å²) in [4.78, 5) is 14.4. The summed E-state index contributed by atoms with van der Waals surface area (Å²) in [5.41, 5.74) is 7.79. The number of carbonyl (C=O) groups is 1. The molecule has 1 aliphatic carbocycles. The van der Waals surface area contributed by atoms with Crippen molar-refractivity contribution in [2.75, 3.05) is 31.3 Å². The minimum absolute atomic E-state index is 0.0592. The Kier molecular flexibility index (Phi) is 4.49. The maximum atomic E-state index is 12.5. The van der Waals surface area contributed by atoms with Gasteiger partial charge in [-0.1, -0.05) is 6.42 Å². The van der Waals surface area contributed by atoms with Crippen LogP contribution in [0.5, 0.6) is 0 Å². The van der Waals surface area contributed by atoms with Crippen molar-refractivity contribution < 1.29 is 9.90 Å². The normalized spacial score (nSPS) is 21.8. The van der Waals surface area contributed by atoms with Gasteiger partial charge in [0.15, 0.2) is 0 Å². The Bertz CT molecular complexity index is 488. The molecule has 1 amide bonds. The number of rotatable bonds is 4. The highest BCUT2D eigenvalue weighted by Crippen LogP contribution is 2.27. The van der Waals surface area contributed by atoms with E-state index in [2.05, 4.69) is 5.32 Å². The number of aliphatic hydroxyl groups is 1. The minimum atomic E-state index is -0.119.